The first-order valence-corrected chi connectivity index (χ1v) is 12.7. The zero-order valence-corrected chi connectivity index (χ0v) is 19.2. The molecule has 1 aliphatic rings. The maximum absolute atomic E-state index is 12.2. The molecule has 1 aromatic rings. The van der Waals surface area contributed by atoms with E-state index in [1.165, 1.54) is 23.8 Å². The highest BCUT2D eigenvalue weighted by Crippen LogP contribution is 2.43. The van der Waals surface area contributed by atoms with Crippen LogP contribution in [0.4, 0.5) is 5.82 Å². The molecule has 1 aliphatic heterocycles. The summed E-state index contributed by atoms with van der Waals surface area (Å²) < 4.78 is 19.2. The molecule has 0 spiro atoms. The number of rotatable bonds is 9. The topological polar surface area (TPSA) is 129 Å². The van der Waals surface area contributed by atoms with Crippen molar-refractivity contribution in [1.29, 1.82) is 0 Å². The predicted octanol–water partition coefficient (Wildman–Crippen LogP) is 1.91. The lowest BCUT2D eigenvalue weighted by molar-refractivity contribution is -0.0919. The van der Waals surface area contributed by atoms with Gasteiger partial charge < -0.3 is 29.7 Å². The highest BCUT2D eigenvalue weighted by Gasteiger charge is 2.41. The van der Waals surface area contributed by atoms with E-state index in [0.717, 1.165) is 0 Å². The standard InChI is InChI=1S/C17H26N3O6PS2/c1-5-7-17(3,27(22)23)24-10-13-12(25-11(2)29-28-4)9-15(26-13)20-8-6-14(18)19-16(20)21/h6,8,11-13,15,22-23H,9-10H2,1-4H3,(H2,18,19,21)/t11-,12-,13?,15-,17?/m1/s1. The van der Waals surface area contributed by atoms with E-state index in [4.69, 9.17) is 19.9 Å². The van der Waals surface area contributed by atoms with Crippen LogP contribution < -0.4 is 11.4 Å². The van der Waals surface area contributed by atoms with Crippen molar-refractivity contribution in [3.05, 3.63) is 22.7 Å². The lowest BCUT2D eigenvalue weighted by Crippen LogP contribution is -2.35. The van der Waals surface area contributed by atoms with Gasteiger partial charge in [0.2, 0.25) is 8.38 Å². The molecule has 2 rings (SSSR count). The maximum Gasteiger partial charge on any atom is 0.351 e. The summed E-state index contributed by atoms with van der Waals surface area (Å²) in [4.78, 5) is 35.3. The van der Waals surface area contributed by atoms with Crippen LogP contribution in [0.5, 0.6) is 0 Å². The molecular formula is C17H26N3O6PS2. The Morgan fingerprint density at radius 2 is 2.31 bits per heavy atom. The molecule has 1 aromatic heterocycles. The van der Waals surface area contributed by atoms with Crippen molar-refractivity contribution in [1.82, 2.24) is 9.55 Å². The Balaban J connectivity index is 2.18. The summed E-state index contributed by atoms with van der Waals surface area (Å²) in [6.07, 6.45) is 2.38. The predicted molar refractivity (Wildman–Crippen MR) is 116 cm³/mol. The monoisotopic (exact) mass is 463 g/mol. The molecule has 5 atom stereocenters. The van der Waals surface area contributed by atoms with Gasteiger partial charge in [0.25, 0.3) is 0 Å². The van der Waals surface area contributed by atoms with E-state index in [2.05, 4.69) is 16.8 Å². The molecule has 0 aromatic carbocycles. The van der Waals surface area contributed by atoms with Crippen LogP contribution in [0, 0.1) is 11.8 Å². The fourth-order valence-corrected chi connectivity index (χ4v) is 4.64. The minimum Gasteiger partial charge on any atom is -0.383 e. The Morgan fingerprint density at radius 3 is 2.90 bits per heavy atom. The van der Waals surface area contributed by atoms with E-state index in [1.807, 2.05) is 13.2 Å². The summed E-state index contributed by atoms with van der Waals surface area (Å²) in [6, 6.07) is 1.52. The zero-order valence-electron chi connectivity index (χ0n) is 16.6. The highest BCUT2D eigenvalue weighted by molar-refractivity contribution is 8.76. The molecule has 162 valence electrons. The lowest BCUT2D eigenvalue weighted by Gasteiger charge is -2.28. The summed E-state index contributed by atoms with van der Waals surface area (Å²) >= 11 is 0. The molecule has 12 heteroatoms. The largest absolute Gasteiger partial charge is 0.383 e. The molecule has 1 saturated heterocycles. The minimum atomic E-state index is -2.45. The van der Waals surface area contributed by atoms with Gasteiger partial charge in [0.05, 0.1) is 12.7 Å². The van der Waals surface area contributed by atoms with Crippen molar-refractivity contribution < 1.29 is 24.0 Å². The van der Waals surface area contributed by atoms with E-state index in [0.29, 0.717) is 6.42 Å². The average molecular weight is 464 g/mol. The van der Waals surface area contributed by atoms with Gasteiger partial charge in [-0.1, -0.05) is 27.5 Å². The first-order valence-electron chi connectivity index (χ1n) is 8.81. The van der Waals surface area contributed by atoms with E-state index in [9.17, 15) is 14.6 Å². The summed E-state index contributed by atoms with van der Waals surface area (Å²) in [5, 5.41) is -1.41. The smallest absolute Gasteiger partial charge is 0.351 e. The molecule has 9 nitrogen and oxygen atoms in total. The molecule has 29 heavy (non-hydrogen) atoms. The quantitative estimate of drug-likeness (QED) is 0.216. The van der Waals surface area contributed by atoms with Gasteiger partial charge in [0, 0.05) is 12.6 Å². The van der Waals surface area contributed by atoms with Gasteiger partial charge in [-0.15, -0.1) is 5.92 Å². The Labute approximate surface area is 179 Å². The normalized spacial score (nSPS) is 24.7. The van der Waals surface area contributed by atoms with Gasteiger partial charge in [0.15, 0.2) is 5.34 Å². The molecule has 0 bridgehead atoms. The number of hydrogen-bond donors (Lipinski definition) is 3. The molecular weight excluding hydrogens is 437 g/mol. The summed E-state index contributed by atoms with van der Waals surface area (Å²) in [5.74, 6) is 5.47. The third-order valence-corrected chi connectivity index (χ3v) is 7.18. The van der Waals surface area contributed by atoms with Gasteiger partial charge >= 0.3 is 5.69 Å². The van der Waals surface area contributed by atoms with Crippen LogP contribution in [-0.4, -0.2) is 55.2 Å². The Morgan fingerprint density at radius 1 is 1.59 bits per heavy atom. The van der Waals surface area contributed by atoms with Crippen LogP contribution in [0.15, 0.2) is 17.1 Å². The molecule has 0 amide bonds. The Kier molecular flexibility index (Phi) is 9.25. The van der Waals surface area contributed by atoms with Crippen molar-refractivity contribution in [2.24, 2.45) is 0 Å². The molecule has 4 N–H and O–H groups in total. The summed E-state index contributed by atoms with van der Waals surface area (Å²) in [7, 11) is 0.692. The van der Waals surface area contributed by atoms with E-state index in [1.54, 1.807) is 28.5 Å². The summed E-state index contributed by atoms with van der Waals surface area (Å²) in [5.41, 5.74) is 4.93. The van der Waals surface area contributed by atoms with E-state index < -0.39 is 31.7 Å². The highest BCUT2D eigenvalue weighted by atomic mass is 33.1. The van der Waals surface area contributed by atoms with Gasteiger partial charge in [-0.05, 0) is 33.1 Å². The fourth-order valence-electron chi connectivity index (χ4n) is 2.83. The average Bonchev–Trinajstić information content (AvgIpc) is 3.02. The van der Waals surface area contributed by atoms with Crippen molar-refractivity contribution in [3.63, 3.8) is 0 Å². The summed E-state index contributed by atoms with van der Waals surface area (Å²) in [6.45, 7) is 5.05. The number of ether oxygens (including phenoxy) is 3. The van der Waals surface area contributed by atoms with Crippen LogP contribution >= 0.6 is 30.0 Å². The second kappa shape index (κ2) is 11.0. The van der Waals surface area contributed by atoms with Gasteiger partial charge in [-0.2, -0.15) is 4.98 Å². The first-order chi connectivity index (χ1) is 13.7. The van der Waals surface area contributed by atoms with Crippen LogP contribution in [0.3, 0.4) is 0 Å². The first kappa shape index (κ1) is 24.4. The maximum atomic E-state index is 12.2. The van der Waals surface area contributed by atoms with Crippen LogP contribution in [0.1, 0.15) is 33.4 Å². The van der Waals surface area contributed by atoms with Gasteiger partial charge in [0.1, 0.15) is 23.6 Å². The second-order valence-electron chi connectivity index (χ2n) is 6.37. The second-order valence-corrected chi connectivity index (χ2v) is 10.6. The number of nitrogen functional groups attached to an aromatic ring is 1. The lowest BCUT2D eigenvalue weighted by atomic mass is 10.2. The number of hydrogen-bond acceptors (Lipinski definition) is 10. The minimum absolute atomic E-state index is 0.0140. The van der Waals surface area contributed by atoms with E-state index >= 15 is 0 Å². The SMILES string of the molecule is CC#CC(C)(OCC1O[C@@H](n2ccc(N)nc2=O)C[C@H]1O[C@@H](C)SSC)P(O)O. The number of anilines is 1. The van der Waals surface area contributed by atoms with Crippen molar-refractivity contribution in [3.8, 4) is 11.8 Å². The van der Waals surface area contributed by atoms with Crippen molar-refractivity contribution >= 4 is 35.8 Å². The van der Waals surface area contributed by atoms with Gasteiger partial charge in [-0.25, -0.2) is 4.79 Å². The van der Waals surface area contributed by atoms with Crippen LogP contribution in [-0.2, 0) is 14.2 Å². The zero-order chi connectivity index (χ0) is 21.6. The number of aromatic nitrogens is 2. The third kappa shape index (κ3) is 6.57. The number of nitrogens with zero attached hydrogens (tertiary/aromatic N) is 2. The van der Waals surface area contributed by atoms with Crippen LogP contribution in [0.25, 0.3) is 0 Å². The van der Waals surface area contributed by atoms with E-state index in [-0.39, 0.29) is 24.0 Å². The number of nitrogens with two attached hydrogens (primary N) is 1. The molecule has 0 radical (unpaired) electrons. The molecule has 2 unspecified atom stereocenters. The van der Waals surface area contributed by atoms with Crippen molar-refractivity contribution in [2.75, 3.05) is 18.6 Å². The van der Waals surface area contributed by atoms with Crippen molar-refractivity contribution in [2.45, 2.75) is 56.4 Å². The third-order valence-electron chi connectivity index (χ3n) is 4.21. The molecule has 1 fully saturated rings. The fraction of sp³-hybridized carbons (Fsp3) is 0.647. The Bertz CT molecular complexity index is 801. The molecule has 0 aliphatic carbocycles. The molecule has 2 heterocycles. The molecule has 0 saturated carbocycles. The van der Waals surface area contributed by atoms with Crippen LogP contribution in [0.2, 0.25) is 0 Å². The van der Waals surface area contributed by atoms with Gasteiger partial charge in [-0.3, -0.25) is 4.57 Å². The Hall–Kier alpha value is -0.830.